The Morgan fingerprint density at radius 3 is 3.13 bits per heavy atom. The maximum atomic E-state index is 12.6. The van der Waals surface area contributed by atoms with Crippen molar-refractivity contribution in [2.45, 2.75) is 32.2 Å². The van der Waals surface area contributed by atoms with Gasteiger partial charge in [0.25, 0.3) is 0 Å². The number of H-pyrrole nitrogens is 1. The highest BCUT2D eigenvalue weighted by Crippen LogP contribution is 2.27. The molecule has 1 fully saturated rings. The largest absolute Gasteiger partial charge is 0.497 e. The van der Waals surface area contributed by atoms with Crippen LogP contribution in [0.3, 0.4) is 0 Å². The molecule has 1 aliphatic heterocycles. The average molecular weight is 311 g/mol. The van der Waals surface area contributed by atoms with E-state index >= 15 is 0 Å². The zero-order chi connectivity index (χ0) is 16.4. The molecular formula is C18H21N3O2. The molecule has 23 heavy (non-hydrogen) atoms. The monoisotopic (exact) mass is 311 g/mol. The van der Waals surface area contributed by atoms with Crippen LogP contribution in [0.4, 0.5) is 0 Å². The first-order chi connectivity index (χ1) is 11.1. The van der Waals surface area contributed by atoms with E-state index in [1.165, 1.54) is 0 Å². The fourth-order valence-electron chi connectivity index (χ4n) is 3.32. The number of hydrogen-bond donors (Lipinski definition) is 1. The first-order valence-electron chi connectivity index (χ1n) is 7.98. The van der Waals surface area contributed by atoms with E-state index in [-0.39, 0.29) is 17.9 Å². The summed E-state index contributed by atoms with van der Waals surface area (Å²) < 4.78 is 5.28. The van der Waals surface area contributed by atoms with Crippen molar-refractivity contribution in [1.29, 1.82) is 5.26 Å². The summed E-state index contributed by atoms with van der Waals surface area (Å²) in [5.74, 6) is 0.738. The number of hydrogen-bond acceptors (Lipinski definition) is 3. The molecule has 0 saturated carbocycles. The Morgan fingerprint density at radius 2 is 2.39 bits per heavy atom. The van der Waals surface area contributed by atoms with E-state index in [0.717, 1.165) is 35.1 Å². The molecule has 120 valence electrons. The summed E-state index contributed by atoms with van der Waals surface area (Å²) >= 11 is 0. The van der Waals surface area contributed by atoms with Crippen LogP contribution in [0.25, 0.3) is 10.9 Å². The SMILES string of the molecule is COc1ccc2[nH]cc(C[C@H](C)C(=O)N3CCC[C@H]3C#N)c2c1. The zero-order valence-electron chi connectivity index (χ0n) is 13.5. The van der Waals surface area contributed by atoms with Gasteiger partial charge in [-0.2, -0.15) is 5.26 Å². The third-order valence-electron chi connectivity index (χ3n) is 4.61. The van der Waals surface area contributed by atoms with E-state index in [9.17, 15) is 4.79 Å². The number of carbonyl (C=O) groups excluding carboxylic acids is 1. The standard InChI is InChI=1S/C18H21N3O2/c1-12(18(22)21-7-3-4-14(21)10-19)8-13-11-20-17-6-5-15(23-2)9-16(13)17/h5-6,9,11-12,14,20H,3-4,7-8H2,1-2H3/t12-,14-/m0/s1. The zero-order valence-corrected chi connectivity index (χ0v) is 13.5. The Kier molecular flexibility index (Phi) is 4.24. The number of nitrogens with zero attached hydrogens (tertiary/aromatic N) is 2. The van der Waals surface area contributed by atoms with Crippen molar-refractivity contribution < 1.29 is 9.53 Å². The van der Waals surface area contributed by atoms with Crippen molar-refractivity contribution in [1.82, 2.24) is 9.88 Å². The molecule has 2 heterocycles. The lowest BCUT2D eigenvalue weighted by Crippen LogP contribution is -2.38. The summed E-state index contributed by atoms with van der Waals surface area (Å²) in [6.07, 6.45) is 4.32. The summed E-state index contributed by atoms with van der Waals surface area (Å²) in [5.41, 5.74) is 2.14. The highest BCUT2D eigenvalue weighted by atomic mass is 16.5. The second-order valence-electron chi connectivity index (χ2n) is 6.15. The molecule has 0 unspecified atom stereocenters. The van der Waals surface area contributed by atoms with Crippen LogP contribution in [0.15, 0.2) is 24.4 Å². The number of aromatic nitrogens is 1. The van der Waals surface area contributed by atoms with Gasteiger partial charge in [-0.25, -0.2) is 0 Å². The van der Waals surface area contributed by atoms with Crippen LogP contribution >= 0.6 is 0 Å². The first-order valence-corrected chi connectivity index (χ1v) is 7.98. The van der Waals surface area contributed by atoms with E-state index in [0.29, 0.717) is 13.0 Å². The molecule has 0 bridgehead atoms. The normalized spacial score (nSPS) is 18.8. The molecule has 1 N–H and O–H groups in total. The Morgan fingerprint density at radius 1 is 1.57 bits per heavy atom. The third-order valence-corrected chi connectivity index (χ3v) is 4.61. The summed E-state index contributed by atoms with van der Waals surface area (Å²) in [4.78, 5) is 17.6. The van der Waals surface area contributed by atoms with Crippen LogP contribution in [0.1, 0.15) is 25.3 Å². The quantitative estimate of drug-likeness (QED) is 0.944. The molecule has 1 amide bonds. The molecular weight excluding hydrogens is 290 g/mol. The van der Waals surface area contributed by atoms with Gasteiger partial charge in [-0.3, -0.25) is 4.79 Å². The van der Waals surface area contributed by atoms with Gasteiger partial charge in [-0.15, -0.1) is 0 Å². The molecule has 1 aromatic heterocycles. The fourth-order valence-corrected chi connectivity index (χ4v) is 3.32. The maximum Gasteiger partial charge on any atom is 0.226 e. The molecule has 0 radical (unpaired) electrons. The molecule has 1 aliphatic rings. The van der Waals surface area contributed by atoms with Gasteiger partial charge in [-0.1, -0.05) is 6.92 Å². The maximum absolute atomic E-state index is 12.6. The average Bonchev–Trinajstić information content (AvgIpc) is 3.20. The number of nitriles is 1. The minimum atomic E-state index is -0.256. The van der Waals surface area contributed by atoms with E-state index in [2.05, 4.69) is 11.1 Å². The van der Waals surface area contributed by atoms with Crippen molar-refractivity contribution in [2.75, 3.05) is 13.7 Å². The van der Waals surface area contributed by atoms with E-state index in [1.54, 1.807) is 12.0 Å². The van der Waals surface area contributed by atoms with Crippen LogP contribution in [0, 0.1) is 17.2 Å². The van der Waals surface area contributed by atoms with Gasteiger partial charge in [0.2, 0.25) is 5.91 Å². The van der Waals surface area contributed by atoms with Crippen molar-refractivity contribution in [3.63, 3.8) is 0 Å². The molecule has 0 spiro atoms. The second-order valence-corrected chi connectivity index (χ2v) is 6.15. The van der Waals surface area contributed by atoms with Crippen molar-refractivity contribution in [2.24, 2.45) is 5.92 Å². The Labute approximate surface area is 135 Å². The number of benzene rings is 1. The summed E-state index contributed by atoms with van der Waals surface area (Å²) in [6.45, 7) is 2.64. The van der Waals surface area contributed by atoms with Crippen LogP contribution in [-0.2, 0) is 11.2 Å². The minimum Gasteiger partial charge on any atom is -0.497 e. The third kappa shape index (κ3) is 2.89. The van der Waals surface area contributed by atoms with Crippen LogP contribution in [0.2, 0.25) is 0 Å². The predicted molar refractivity (Wildman–Crippen MR) is 88.1 cm³/mol. The molecule has 5 heteroatoms. The van der Waals surface area contributed by atoms with Crippen molar-refractivity contribution in [3.8, 4) is 11.8 Å². The Bertz CT molecular complexity index is 759. The summed E-state index contributed by atoms with van der Waals surface area (Å²) in [7, 11) is 1.65. The number of likely N-dealkylation sites (tertiary alicyclic amines) is 1. The second kappa shape index (κ2) is 6.33. The molecule has 1 aromatic carbocycles. The predicted octanol–water partition coefficient (Wildman–Crippen LogP) is 2.87. The van der Waals surface area contributed by atoms with Gasteiger partial charge in [0.05, 0.1) is 13.2 Å². The number of fused-ring (bicyclic) bond motifs is 1. The smallest absolute Gasteiger partial charge is 0.226 e. The topological polar surface area (TPSA) is 69.1 Å². The molecule has 1 saturated heterocycles. The number of methoxy groups -OCH3 is 1. The van der Waals surface area contributed by atoms with Gasteiger partial charge in [0.15, 0.2) is 0 Å². The lowest BCUT2D eigenvalue weighted by atomic mass is 9.99. The molecule has 3 rings (SSSR count). The lowest BCUT2D eigenvalue weighted by Gasteiger charge is -2.23. The van der Waals surface area contributed by atoms with Crippen molar-refractivity contribution >= 4 is 16.8 Å². The van der Waals surface area contributed by atoms with Gasteiger partial charge in [-0.05, 0) is 43.0 Å². The Hall–Kier alpha value is -2.48. The van der Waals surface area contributed by atoms with Gasteiger partial charge < -0.3 is 14.6 Å². The van der Waals surface area contributed by atoms with Gasteiger partial charge in [0.1, 0.15) is 11.8 Å². The van der Waals surface area contributed by atoms with E-state index < -0.39 is 0 Å². The number of amides is 1. The number of rotatable bonds is 4. The van der Waals surface area contributed by atoms with E-state index in [1.807, 2.05) is 31.3 Å². The molecule has 2 atom stereocenters. The van der Waals surface area contributed by atoms with Crippen LogP contribution < -0.4 is 4.74 Å². The van der Waals surface area contributed by atoms with Crippen LogP contribution in [-0.4, -0.2) is 35.5 Å². The number of nitrogens with one attached hydrogen (secondary N) is 1. The minimum absolute atomic E-state index is 0.0753. The first kappa shape index (κ1) is 15.4. The highest BCUT2D eigenvalue weighted by Gasteiger charge is 2.31. The van der Waals surface area contributed by atoms with Crippen LogP contribution in [0.5, 0.6) is 5.75 Å². The van der Waals surface area contributed by atoms with Crippen molar-refractivity contribution in [3.05, 3.63) is 30.0 Å². The number of aromatic amines is 1. The molecule has 2 aromatic rings. The van der Waals surface area contributed by atoms with E-state index in [4.69, 9.17) is 10.00 Å². The molecule has 0 aliphatic carbocycles. The number of ether oxygens (including phenoxy) is 1. The number of carbonyl (C=O) groups is 1. The lowest BCUT2D eigenvalue weighted by molar-refractivity contribution is -0.134. The van der Waals surface area contributed by atoms with Gasteiger partial charge in [0, 0.05) is 29.6 Å². The molecule has 5 nitrogen and oxygen atoms in total. The Balaban J connectivity index is 1.79. The summed E-state index contributed by atoms with van der Waals surface area (Å²) in [6, 6.07) is 7.87. The summed E-state index contributed by atoms with van der Waals surface area (Å²) in [5, 5.41) is 10.2. The fraction of sp³-hybridized carbons (Fsp3) is 0.444. The highest BCUT2D eigenvalue weighted by molar-refractivity contribution is 5.86. The van der Waals surface area contributed by atoms with Gasteiger partial charge >= 0.3 is 0 Å².